The fourth-order valence-electron chi connectivity index (χ4n) is 2.97. The number of nitrogen functional groups attached to an aromatic ring is 1. The largest absolute Gasteiger partial charge is 0.465 e. The van der Waals surface area contributed by atoms with E-state index in [0.29, 0.717) is 41.9 Å². The zero-order valence-corrected chi connectivity index (χ0v) is 13.0. The summed E-state index contributed by atoms with van der Waals surface area (Å²) in [6, 6.07) is 2.62. The van der Waals surface area contributed by atoms with E-state index in [2.05, 4.69) is 20.1 Å². The lowest BCUT2D eigenvalue weighted by Gasteiger charge is -2.13. The normalized spacial score (nSPS) is 17.3. The lowest BCUT2D eigenvalue weighted by Crippen LogP contribution is -2.27. The smallest absolute Gasteiger partial charge is 0.407 e. The van der Waals surface area contributed by atoms with Crippen LogP contribution in [0.4, 0.5) is 15.0 Å². The highest BCUT2D eigenvalue weighted by Gasteiger charge is 2.29. The minimum atomic E-state index is -0.953. The molecule has 0 radical (unpaired) electrons. The molecule has 1 unspecified atom stereocenters. The number of rotatable bonds is 2. The second-order valence-corrected chi connectivity index (χ2v) is 5.80. The van der Waals surface area contributed by atoms with Crippen LogP contribution in [0.1, 0.15) is 12.5 Å². The lowest BCUT2D eigenvalue weighted by molar-refractivity contribution is 0.154. The lowest BCUT2D eigenvalue weighted by atomic mass is 10.2. The summed E-state index contributed by atoms with van der Waals surface area (Å²) in [6.45, 7) is 0.778. The number of pyridine rings is 1. The second-order valence-electron chi connectivity index (χ2n) is 5.80. The molecule has 3 N–H and O–H groups in total. The molecule has 3 aromatic heterocycles. The summed E-state index contributed by atoms with van der Waals surface area (Å²) in [5, 5.41) is 14.0. The first-order valence-electron chi connectivity index (χ1n) is 7.63. The van der Waals surface area contributed by atoms with Crippen LogP contribution in [0.3, 0.4) is 0 Å². The number of halogens is 1. The molecule has 0 aromatic carbocycles. The Balaban J connectivity index is 1.77. The summed E-state index contributed by atoms with van der Waals surface area (Å²) in [5.74, 6) is -0.0291. The Kier molecular flexibility index (Phi) is 3.45. The van der Waals surface area contributed by atoms with E-state index in [4.69, 9.17) is 10.8 Å². The maximum atomic E-state index is 13.0. The number of fused-ring (bicyclic) bond motifs is 1. The van der Waals surface area contributed by atoms with E-state index < -0.39 is 12.0 Å². The fourth-order valence-corrected chi connectivity index (χ4v) is 2.97. The van der Waals surface area contributed by atoms with Crippen molar-refractivity contribution < 1.29 is 14.3 Å². The van der Waals surface area contributed by atoms with Crippen molar-refractivity contribution in [1.82, 2.24) is 29.6 Å². The number of carboxylic acid groups (broad SMARTS) is 1. The number of aromatic nitrogens is 5. The van der Waals surface area contributed by atoms with E-state index in [-0.39, 0.29) is 11.9 Å². The summed E-state index contributed by atoms with van der Waals surface area (Å²) < 4.78 is 14.7. The Bertz CT molecular complexity index is 956. The van der Waals surface area contributed by atoms with E-state index in [1.807, 2.05) is 0 Å². The maximum Gasteiger partial charge on any atom is 0.407 e. The molecule has 4 heterocycles. The summed E-state index contributed by atoms with van der Waals surface area (Å²) in [7, 11) is 0. The van der Waals surface area contributed by atoms with Gasteiger partial charge in [0.2, 0.25) is 5.95 Å². The third kappa shape index (κ3) is 2.61. The number of nitrogens with two attached hydrogens (primary N) is 1. The SMILES string of the molecule is Nc1nc(-c2ccc(F)nc2)nc2c1cnn2C1CCN(C(=O)O)C1. The van der Waals surface area contributed by atoms with E-state index in [1.54, 1.807) is 10.9 Å². The summed E-state index contributed by atoms with van der Waals surface area (Å²) >= 11 is 0. The highest BCUT2D eigenvalue weighted by molar-refractivity contribution is 5.87. The van der Waals surface area contributed by atoms with Gasteiger partial charge in [0.05, 0.1) is 17.6 Å². The molecule has 0 saturated carbocycles. The molecule has 10 heteroatoms. The molecular formula is C15H14FN7O2. The van der Waals surface area contributed by atoms with E-state index in [0.717, 1.165) is 0 Å². The number of likely N-dealkylation sites (tertiary alicyclic amines) is 1. The predicted octanol–water partition coefficient (Wildman–Crippen LogP) is 1.53. The van der Waals surface area contributed by atoms with Gasteiger partial charge < -0.3 is 15.7 Å². The average Bonchev–Trinajstić information content (AvgIpc) is 3.22. The Hall–Kier alpha value is -3.30. The van der Waals surface area contributed by atoms with Crippen LogP contribution in [0.15, 0.2) is 24.5 Å². The zero-order chi connectivity index (χ0) is 17.6. The topological polar surface area (TPSA) is 123 Å². The van der Waals surface area contributed by atoms with E-state index in [9.17, 15) is 9.18 Å². The molecule has 0 spiro atoms. The molecule has 1 aliphatic rings. The molecule has 0 bridgehead atoms. The van der Waals surface area contributed by atoms with Gasteiger partial charge in [-0.1, -0.05) is 0 Å². The predicted molar refractivity (Wildman–Crippen MR) is 86.2 cm³/mol. The molecule has 0 aliphatic carbocycles. The van der Waals surface area contributed by atoms with Crippen molar-refractivity contribution in [3.8, 4) is 11.4 Å². The van der Waals surface area contributed by atoms with Gasteiger partial charge in [-0.2, -0.15) is 9.49 Å². The fraction of sp³-hybridized carbons (Fsp3) is 0.267. The van der Waals surface area contributed by atoms with E-state index >= 15 is 0 Å². The number of hydrogen-bond acceptors (Lipinski definition) is 6. The minimum absolute atomic E-state index is 0.123. The molecule has 4 rings (SSSR count). The van der Waals surface area contributed by atoms with Crippen LogP contribution in [0, 0.1) is 5.95 Å². The number of nitrogens with zero attached hydrogens (tertiary/aromatic N) is 6. The van der Waals surface area contributed by atoms with Gasteiger partial charge in [0, 0.05) is 24.8 Å². The van der Waals surface area contributed by atoms with Crippen molar-refractivity contribution in [3.63, 3.8) is 0 Å². The monoisotopic (exact) mass is 343 g/mol. The first-order valence-corrected chi connectivity index (χ1v) is 7.63. The van der Waals surface area contributed by atoms with Gasteiger partial charge in [-0.25, -0.2) is 24.4 Å². The van der Waals surface area contributed by atoms with Crippen molar-refractivity contribution in [2.75, 3.05) is 18.8 Å². The summed E-state index contributed by atoms with van der Waals surface area (Å²) in [5.41, 5.74) is 7.06. The van der Waals surface area contributed by atoms with Crippen LogP contribution in [0.25, 0.3) is 22.4 Å². The Labute approximate surface area is 140 Å². The molecule has 1 fully saturated rings. The minimum Gasteiger partial charge on any atom is -0.465 e. The summed E-state index contributed by atoms with van der Waals surface area (Å²) in [4.78, 5) is 24.8. The van der Waals surface area contributed by atoms with Gasteiger partial charge >= 0.3 is 6.09 Å². The second kappa shape index (κ2) is 5.65. The standard InChI is InChI=1S/C15H14FN7O2/c16-11-2-1-8(5-18-11)13-20-12(17)10-6-19-23(14(10)21-13)9-3-4-22(7-9)15(24)25/h1-2,5-6,9H,3-4,7H2,(H,24,25)(H2,17,20,21). The van der Waals surface area contributed by atoms with Crippen LogP contribution in [0.5, 0.6) is 0 Å². The number of anilines is 1. The van der Waals surface area contributed by atoms with Crippen molar-refractivity contribution in [3.05, 3.63) is 30.5 Å². The Morgan fingerprint density at radius 3 is 2.84 bits per heavy atom. The maximum absolute atomic E-state index is 13.0. The van der Waals surface area contributed by atoms with Gasteiger partial charge in [0.25, 0.3) is 0 Å². The molecule has 9 nitrogen and oxygen atoms in total. The van der Waals surface area contributed by atoms with Crippen LogP contribution < -0.4 is 5.73 Å². The molecule has 25 heavy (non-hydrogen) atoms. The number of carbonyl (C=O) groups is 1. The Morgan fingerprint density at radius 1 is 1.32 bits per heavy atom. The first kappa shape index (κ1) is 15.2. The van der Waals surface area contributed by atoms with Crippen LogP contribution in [-0.4, -0.2) is 53.9 Å². The molecule has 3 aromatic rings. The quantitative estimate of drug-likeness (QED) is 0.676. The third-order valence-corrected chi connectivity index (χ3v) is 4.25. The van der Waals surface area contributed by atoms with Gasteiger partial charge in [-0.3, -0.25) is 0 Å². The highest BCUT2D eigenvalue weighted by atomic mass is 19.1. The van der Waals surface area contributed by atoms with Gasteiger partial charge in [-0.15, -0.1) is 0 Å². The number of hydrogen-bond donors (Lipinski definition) is 2. The zero-order valence-electron chi connectivity index (χ0n) is 13.0. The number of amides is 1. The average molecular weight is 343 g/mol. The third-order valence-electron chi connectivity index (χ3n) is 4.25. The molecule has 128 valence electrons. The van der Waals surface area contributed by atoms with Crippen molar-refractivity contribution in [2.45, 2.75) is 12.5 Å². The van der Waals surface area contributed by atoms with E-state index in [1.165, 1.54) is 23.2 Å². The molecule has 1 aliphatic heterocycles. The first-order chi connectivity index (χ1) is 12.0. The van der Waals surface area contributed by atoms with Crippen LogP contribution >= 0.6 is 0 Å². The molecule has 1 saturated heterocycles. The molecule has 1 amide bonds. The van der Waals surface area contributed by atoms with Gasteiger partial charge in [-0.05, 0) is 18.6 Å². The summed E-state index contributed by atoms with van der Waals surface area (Å²) in [6.07, 6.45) is 2.59. The van der Waals surface area contributed by atoms with Crippen molar-refractivity contribution in [2.24, 2.45) is 0 Å². The van der Waals surface area contributed by atoms with Crippen LogP contribution in [0.2, 0.25) is 0 Å². The Morgan fingerprint density at radius 2 is 2.16 bits per heavy atom. The molecule has 1 atom stereocenters. The highest BCUT2D eigenvalue weighted by Crippen LogP contribution is 2.28. The van der Waals surface area contributed by atoms with Gasteiger partial charge in [0.15, 0.2) is 11.5 Å². The van der Waals surface area contributed by atoms with Crippen molar-refractivity contribution in [1.29, 1.82) is 0 Å². The van der Waals surface area contributed by atoms with Gasteiger partial charge in [0.1, 0.15) is 5.82 Å². The molecular weight excluding hydrogens is 329 g/mol. The van der Waals surface area contributed by atoms with Crippen LogP contribution in [-0.2, 0) is 0 Å². The van der Waals surface area contributed by atoms with Crippen molar-refractivity contribution >= 4 is 22.9 Å².